The van der Waals surface area contributed by atoms with Crippen LogP contribution in [0.25, 0.3) is 0 Å². The summed E-state index contributed by atoms with van der Waals surface area (Å²) >= 11 is 0. The van der Waals surface area contributed by atoms with Gasteiger partial charge in [-0.25, -0.2) is 0 Å². The summed E-state index contributed by atoms with van der Waals surface area (Å²) in [6, 6.07) is 9.40. The van der Waals surface area contributed by atoms with Crippen molar-refractivity contribution in [3.05, 3.63) is 48.0 Å². The molecular formula is C16H20BNO4. The van der Waals surface area contributed by atoms with Crippen LogP contribution in [0.2, 0.25) is 0 Å². The van der Waals surface area contributed by atoms with Gasteiger partial charge in [-0.1, -0.05) is 42.5 Å². The van der Waals surface area contributed by atoms with E-state index in [1.54, 1.807) is 6.08 Å². The summed E-state index contributed by atoms with van der Waals surface area (Å²) in [6.07, 6.45) is 4.09. The highest BCUT2D eigenvalue weighted by molar-refractivity contribution is 6.45. The van der Waals surface area contributed by atoms with Crippen LogP contribution in [0.4, 0.5) is 0 Å². The zero-order valence-corrected chi connectivity index (χ0v) is 12.6. The first-order chi connectivity index (χ1) is 10.5. The summed E-state index contributed by atoms with van der Waals surface area (Å²) in [6.45, 7) is 1.48. The van der Waals surface area contributed by atoms with E-state index >= 15 is 0 Å². The summed E-state index contributed by atoms with van der Waals surface area (Å²) in [4.78, 5) is 23.2. The maximum Gasteiger partial charge on any atom is 0.478 e. The Kier molecular flexibility index (Phi) is 5.92. The molecule has 1 aromatic rings. The maximum absolute atomic E-state index is 12.0. The zero-order chi connectivity index (χ0) is 15.9. The molecule has 0 aromatic heterocycles. The van der Waals surface area contributed by atoms with E-state index in [1.165, 1.54) is 6.92 Å². The van der Waals surface area contributed by atoms with Crippen molar-refractivity contribution in [3.8, 4) is 0 Å². The molecule has 0 spiro atoms. The van der Waals surface area contributed by atoms with E-state index in [0.717, 1.165) is 5.56 Å². The van der Waals surface area contributed by atoms with Crippen LogP contribution in [-0.4, -0.2) is 35.9 Å². The third kappa shape index (κ3) is 5.13. The van der Waals surface area contributed by atoms with Gasteiger partial charge in [0.2, 0.25) is 5.91 Å². The number of hydrogen-bond donors (Lipinski definition) is 2. The first-order valence-corrected chi connectivity index (χ1v) is 7.37. The molecule has 116 valence electrons. The highest BCUT2D eigenvalue weighted by Crippen LogP contribution is 2.13. The van der Waals surface area contributed by atoms with E-state index in [1.807, 2.05) is 36.4 Å². The first-order valence-electron chi connectivity index (χ1n) is 7.37. The number of nitrogens with one attached hydrogen (secondary N) is 1. The predicted molar refractivity (Wildman–Crippen MR) is 84.0 cm³/mol. The molecule has 5 nitrogen and oxygen atoms in total. The molecular weight excluding hydrogens is 281 g/mol. The fourth-order valence-corrected chi connectivity index (χ4v) is 2.38. The molecule has 0 saturated carbocycles. The van der Waals surface area contributed by atoms with Gasteiger partial charge in [0.05, 0.1) is 18.5 Å². The number of rotatable bonds is 5. The molecule has 1 aliphatic heterocycles. The molecule has 0 bridgehead atoms. The molecule has 0 unspecified atom stereocenters. The number of benzene rings is 1. The lowest BCUT2D eigenvalue weighted by Gasteiger charge is -2.20. The monoisotopic (exact) mass is 301 g/mol. The van der Waals surface area contributed by atoms with E-state index in [2.05, 4.69) is 5.32 Å². The van der Waals surface area contributed by atoms with Gasteiger partial charge in [-0.2, -0.15) is 0 Å². The molecule has 1 aromatic carbocycles. The van der Waals surface area contributed by atoms with E-state index in [4.69, 9.17) is 4.65 Å². The van der Waals surface area contributed by atoms with Gasteiger partial charge in [-0.05, 0) is 18.9 Å². The second kappa shape index (κ2) is 7.91. The fourth-order valence-electron chi connectivity index (χ4n) is 2.38. The molecule has 0 radical (unpaired) electrons. The molecule has 0 aliphatic carbocycles. The van der Waals surface area contributed by atoms with Crippen LogP contribution in [0.5, 0.6) is 0 Å². The Morgan fingerprint density at radius 3 is 2.77 bits per heavy atom. The number of ketones is 1. The van der Waals surface area contributed by atoms with Crippen LogP contribution in [-0.2, 0) is 20.7 Å². The van der Waals surface area contributed by atoms with Crippen LogP contribution in [0.15, 0.2) is 42.5 Å². The van der Waals surface area contributed by atoms with Gasteiger partial charge in [0.1, 0.15) is 5.78 Å². The van der Waals surface area contributed by atoms with Gasteiger partial charge in [0.25, 0.3) is 0 Å². The Labute approximate surface area is 130 Å². The third-order valence-electron chi connectivity index (χ3n) is 3.44. The zero-order valence-electron chi connectivity index (χ0n) is 12.6. The van der Waals surface area contributed by atoms with Crippen LogP contribution in [0.1, 0.15) is 25.3 Å². The van der Waals surface area contributed by atoms with Gasteiger partial charge in [0.15, 0.2) is 0 Å². The molecule has 2 rings (SSSR count). The molecule has 1 heterocycles. The van der Waals surface area contributed by atoms with Gasteiger partial charge in [0, 0.05) is 6.42 Å². The van der Waals surface area contributed by atoms with Crippen molar-refractivity contribution in [3.63, 3.8) is 0 Å². The molecule has 0 saturated heterocycles. The minimum absolute atomic E-state index is 0.00610. The van der Waals surface area contributed by atoms with Crippen LogP contribution < -0.4 is 5.32 Å². The van der Waals surface area contributed by atoms with Crippen molar-refractivity contribution in [2.75, 3.05) is 0 Å². The number of carbonyl (C=O) groups excluding carboxylic acids is 2. The van der Waals surface area contributed by atoms with Crippen LogP contribution in [0.3, 0.4) is 0 Å². The summed E-state index contributed by atoms with van der Waals surface area (Å²) in [5.74, 6) is -0.685. The van der Waals surface area contributed by atoms with E-state index < -0.39 is 19.2 Å². The summed E-state index contributed by atoms with van der Waals surface area (Å²) in [7, 11) is -1.13. The highest BCUT2D eigenvalue weighted by Gasteiger charge is 2.32. The molecule has 1 aliphatic rings. The Balaban J connectivity index is 1.88. The number of carbonyl (C=O) groups is 2. The molecule has 0 fully saturated rings. The quantitative estimate of drug-likeness (QED) is 0.630. The van der Waals surface area contributed by atoms with Crippen molar-refractivity contribution < 1.29 is 19.3 Å². The van der Waals surface area contributed by atoms with Gasteiger partial charge < -0.3 is 15.0 Å². The molecule has 2 N–H and O–H groups in total. The molecule has 2 atom stereocenters. The molecule has 6 heteroatoms. The standard InChI is InChI=1S/C16H20BNO4/c1-12(19)10-14-8-5-9-15(17(21)22-14)18-16(20)11-13-6-3-2-4-7-13/h2-8,14-15,21H,9-11H2,1H3,(H,18,20)/t14-,15+/m1/s1. The predicted octanol–water partition coefficient (Wildman–Crippen LogP) is 1.06. The smallest absolute Gasteiger partial charge is 0.426 e. The lowest BCUT2D eigenvalue weighted by Crippen LogP contribution is -2.48. The van der Waals surface area contributed by atoms with E-state index in [0.29, 0.717) is 6.42 Å². The van der Waals surface area contributed by atoms with Crippen LogP contribution >= 0.6 is 0 Å². The first kappa shape index (κ1) is 16.5. The summed E-state index contributed by atoms with van der Waals surface area (Å²) in [5, 5.41) is 12.8. The van der Waals surface area contributed by atoms with Crippen molar-refractivity contribution in [1.82, 2.24) is 5.32 Å². The Hall–Kier alpha value is -1.92. The molecule has 22 heavy (non-hydrogen) atoms. The lowest BCUT2D eigenvalue weighted by atomic mass is 9.77. The second-order valence-corrected chi connectivity index (χ2v) is 5.47. The van der Waals surface area contributed by atoms with Crippen LogP contribution in [0, 0.1) is 0 Å². The average Bonchev–Trinajstić information content (AvgIpc) is 2.61. The Morgan fingerprint density at radius 2 is 2.09 bits per heavy atom. The number of amides is 1. The number of Topliss-reactive ketones (excluding diaryl/α,β-unsaturated/α-hetero) is 1. The minimum Gasteiger partial charge on any atom is -0.426 e. The summed E-state index contributed by atoms with van der Waals surface area (Å²) in [5.41, 5.74) is 0.911. The van der Waals surface area contributed by atoms with Gasteiger partial charge >= 0.3 is 7.12 Å². The highest BCUT2D eigenvalue weighted by atomic mass is 16.5. The lowest BCUT2D eigenvalue weighted by molar-refractivity contribution is -0.121. The summed E-state index contributed by atoms with van der Waals surface area (Å²) < 4.78 is 5.42. The SMILES string of the molecule is CC(=O)C[C@H]1C=CC[C@H](NC(=O)Cc2ccccc2)B(O)O1. The average molecular weight is 301 g/mol. The Bertz CT molecular complexity index is 546. The van der Waals surface area contributed by atoms with Gasteiger partial charge in [-0.15, -0.1) is 0 Å². The van der Waals surface area contributed by atoms with Gasteiger partial charge in [-0.3, -0.25) is 9.59 Å². The topological polar surface area (TPSA) is 75.6 Å². The minimum atomic E-state index is -1.13. The number of hydrogen-bond acceptors (Lipinski definition) is 4. The van der Waals surface area contributed by atoms with Crippen molar-refractivity contribution in [2.24, 2.45) is 0 Å². The normalized spacial score (nSPS) is 21.3. The van der Waals surface area contributed by atoms with E-state index in [9.17, 15) is 14.6 Å². The second-order valence-electron chi connectivity index (χ2n) is 5.47. The van der Waals surface area contributed by atoms with Crippen molar-refractivity contribution in [2.45, 2.75) is 38.2 Å². The van der Waals surface area contributed by atoms with E-state index in [-0.39, 0.29) is 24.5 Å². The largest absolute Gasteiger partial charge is 0.478 e. The molecule has 1 amide bonds. The van der Waals surface area contributed by atoms with Crippen molar-refractivity contribution in [1.29, 1.82) is 0 Å². The van der Waals surface area contributed by atoms with Crippen molar-refractivity contribution >= 4 is 18.8 Å². The Morgan fingerprint density at radius 1 is 1.36 bits per heavy atom. The third-order valence-corrected chi connectivity index (χ3v) is 3.44. The fraction of sp³-hybridized carbons (Fsp3) is 0.375. The maximum atomic E-state index is 12.0.